The highest BCUT2D eigenvalue weighted by molar-refractivity contribution is 5.78. The van der Waals surface area contributed by atoms with Crippen molar-refractivity contribution in [2.24, 2.45) is 7.05 Å². The van der Waals surface area contributed by atoms with Gasteiger partial charge in [0.1, 0.15) is 11.9 Å². The van der Waals surface area contributed by atoms with Crippen molar-refractivity contribution < 1.29 is 9.53 Å². The Morgan fingerprint density at radius 3 is 2.56 bits per heavy atom. The van der Waals surface area contributed by atoms with Gasteiger partial charge < -0.3 is 15.0 Å². The average Bonchev–Trinajstić information content (AvgIpc) is 3.01. The van der Waals surface area contributed by atoms with Gasteiger partial charge in [0, 0.05) is 32.9 Å². The van der Waals surface area contributed by atoms with Crippen LogP contribution in [-0.4, -0.2) is 46.8 Å². The quantitative estimate of drug-likeness (QED) is 0.869. The molecule has 2 heterocycles. The lowest BCUT2D eigenvalue weighted by atomic mass is 10.1. The lowest BCUT2D eigenvalue weighted by Crippen LogP contribution is -2.35. The lowest BCUT2D eigenvalue weighted by molar-refractivity contribution is -0.120. The topological polar surface area (TPSA) is 59.4 Å². The Bertz CT molecular complexity index is 688. The first kappa shape index (κ1) is 17.5. The summed E-state index contributed by atoms with van der Waals surface area (Å²) >= 11 is 0. The average molecular weight is 342 g/mol. The van der Waals surface area contributed by atoms with Crippen LogP contribution in [0, 0.1) is 0 Å². The molecule has 0 unspecified atom stereocenters. The van der Waals surface area contributed by atoms with Gasteiger partial charge in [-0.25, -0.2) is 0 Å². The number of rotatable bonds is 6. The molecule has 0 saturated carbocycles. The van der Waals surface area contributed by atoms with Crippen molar-refractivity contribution in [2.45, 2.75) is 31.9 Å². The number of ether oxygens (including phenoxy) is 1. The molecule has 0 aliphatic carbocycles. The maximum absolute atomic E-state index is 12.0. The van der Waals surface area contributed by atoms with Crippen molar-refractivity contribution in [3.63, 3.8) is 0 Å². The first-order valence-electron chi connectivity index (χ1n) is 8.77. The molecule has 1 fully saturated rings. The molecule has 134 valence electrons. The highest BCUT2D eigenvalue weighted by Crippen LogP contribution is 2.19. The molecule has 0 radical (unpaired) electrons. The lowest BCUT2D eigenvalue weighted by Gasteiger charge is -2.29. The summed E-state index contributed by atoms with van der Waals surface area (Å²) in [4.78, 5) is 14.3. The van der Waals surface area contributed by atoms with Gasteiger partial charge in [-0.1, -0.05) is 12.1 Å². The third-order valence-electron chi connectivity index (χ3n) is 4.50. The maximum atomic E-state index is 12.0. The SMILES string of the molecule is CN1CCC(Oc2ccc(CNC(=O)Cc3cnn(C)c3)cc2)CC1. The van der Waals surface area contributed by atoms with Gasteiger partial charge in [-0.15, -0.1) is 0 Å². The van der Waals surface area contributed by atoms with Gasteiger partial charge in [-0.3, -0.25) is 9.48 Å². The number of nitrogens with one attached hydrogen (secondary N) is 1. The van der Waals surface area contributed by atoms with Crippen LogP contribution < -0.4 is 10.1 Å². The summed E-state index contributed by atoms with van der Waals surface area (Å²) in [6, 6.07) is 7.99. The molecular formula is C19H26N4O2. The van der Waals surface area contributed by atoms with Crippen LogP contribution in [0.2, 0.25) is 0 Å². The number of carbonyl (C=O) groups is 1. The van der Waals surface area contributed by atoms with E-state index in [0.29, 0.717) is 19.1 Å². The third kappa shape index (κ3) is 5.32. The predicted octanol–water partition coefficient (Wildman–Crippen LogP) is 1.75. The second-order valence-corrected chi connectivity index (χ2v) is 6.74. The zero-order chi connectivity index (χ0) is 17.6. The van der Waals surface area contributed by atoms with E-state index in [2.05, 4.69) is 22.4 Å². The van der Waals surface area contributed by atoms with Crippen LogP contribution in [0.15, 0.2) is 36.7 Å². The molecule has 3 rings (SSSR count). The Balaban J connectivity index is 1.43. The van der Waals surface area contributed by atoms with Crippen molar-refractivity contribution in [2.75, 3.05) is 20.1 Å². The van der Waals surface area contributed by atoms with Crippen molar-refractivity contribution in [3.05, 3.63) is 47.8 Å². The standard InChI is InChI=1S/C19H26N4O2/c1-22-9-7-18(8-10-22)25-17-5-3-15(4-6-17)12-20-19(24)11-16-13-21-23(2)14-16/h3-6,13-14,18H,7-12H2,1-2H3,(H,20,24). The van der Waals surface area contributed by atoms with Crippen LogP contribution in [0.5, 0.6) is 5.75 Å². The van der Waals surface area contributed by atoms with Gasteiger partial charge >= 0.3 is 0 Å². The number of piperidine rings is 1. The molecular weight excluding hydrogens is 316 g/mol. The fraction of sp³-hybridized carbons (Fsp3) is 0.474. The van der Waals surface area contributed by atoms with Gasteiger partial charge in [0.25, 0.3) is 0 Å². The highest BCUT2D eigenvalue weighted by Gasteiger charge is 2.17. The number of aryl methyl sites for hydroxylation is 1. The molecule has 6 nitrogen and oxygen atoms in total. The van der Waals surface area contributed by atoms with Crippen molar-refractivity contribution >= 4 is 5.91 Å². The van der Waals surface area contributed by atoms with Gasteiger partial charge in [-0.05, 0) is 43.1 Å². The number of hydrogen-bond acceptors (Lipinski definition) is 4. The summed E-state index contributed by atoms with van der Waals surface area (Å²) in [5, 5.41) is 7.01. The zero-order valence-electron chi connectivity index (χ0n) is 14.9. The van der Waals surface area contributed by atoms with Crippen LogP contribution in [0.4, 0.5) is 0 Å². The fourth-order valence-electron chi connectivity index (χ4n) is 2.99. The second kappa shape index (κ2) is 8.16. The van der Waals surface area contributed by atoms with Gasteiger partial charge in [0.15, 0.2) is 0 Å². The number of aromatic nitrogens is 2. The maximum Gasteiger partial charge on any atom is 0.224 e. The van der Waals surface area contributed by atoms with E-state index in [9.17, 15) is 4.79 Å². The Morgan fingerprint density at radius 1 is 1.20 bits per heavy atom. The summed E-state index contributed by atoms with van der Waals surface area (Å²) in [5.41, 5.74) is 1.98. The number of benzene rings is 1. The number of hydrogen-bond donors (Lipinski definition) is 1. The monoisotopic (exact) mass is 342 g/mol. The highest BCUT2D eigenvalue weighted by atomic mass is 16.5. The number of carbonyl (C=O) groups excluding carboxylic acids is 1. The van der Waals surface area contributed by atoms with E-state index in [-0.39, 0.29) is 5.91 Å². The van der Waals surface area contributed by atoms with E-state index in [1.165, 1.54) is 0 Å². The van der Waals surface area contributed by atoms with E-state index >= 15 is 0 Å². The van der Waals surface area contributed by atoms with Crippen molar-refractivity contribution in [1.29, 1.82) is 0 Å². The Kier molecular flexibility index (Phi) is 5.71. The number of nitrogens with zero attached hydrogens (tertiary/aromatic N) is 3. The largest absolute Gasteiger partial charge is 0.490 e. The van der Waals surface area contributed by atoms with Crippen LogP contribution >= 0.6 is 0 Å². The van der Waals surface area contributed by atoms with Crippen molar-refractivity contribution in [3.8, 4) is 5.75 Å². The number of likely N-dealkylation sites (tertiary alicyclic amines) is 1. The summed E-state index contributed by atoms with van der Waals surface area (Å²) < 4.78 is 7.74. The molecule has 1 aliphatic heterocycles. The first-order chi connectivity index (χ1) is 12.1. The van der Waals surface area contributed by atoms with E-state index in [4.69, 9.17) is 4.74 Å². The molecule has 0 spiro atoms. The normalized spacial score (nSPS) is 15.9. The molecule has 1 N–H and O–H groups in total. The minimum Gasteiger partial charge on any atom is -0.490 e. The van der Waals surface area contributed by atoms with Gasteiger partial charge in [0.05, 0.1) is 12.6 Å². The minimum absolute atomic E-state index is 0.000322. The van der Waals surface area contributed by atoms with Crippen LogP contribution in [0.1, 0.15) is 24.0 Å². The minimum atomic E-state index is -0.000322. The van der Waals surface area contributed by atoms with E-state index in [1.807, 2.05) is 37.5 Å². The van der Waals surface area contributed by atoms with E-state index in [0.717, 1.165) is 42.8 Å². The molecule has 25 heavy (non-hydrogen) atoms. The molecule has 6 heteroatoms. The van der Waals surface area contributed by atoms with Crippen LogP contribution in [-0.2, 0) is 24.8 Å². The molecule has 0 bridgehead atoms. The Labute approximate surface area is 148 Å². The Hall–Kier alpha value is -2.34. The van der Waals surface area contributed by atoms with Crippen molar-refractivity contribution in [1.82, 2.24) is 20.0 Å². The van der Waals surface area contributed by atoms with Gasteiger partial charge in [-0.2, -0.15) is 5.10 Å². The molecule has 1 amide bonds. The summed E-state index contributed by atoms with van der Waals surface area (Å²) in [7, 11) is 3.99. The second-order valence-electron chi connectivity index (χ2n) is 6.74. The summed E-state index contributed by atoms with van der Waals surface area (Å²) in [5.74, 6) is 0.902. The first-order valence-corrected chi connectivity index (χ1v) is 8.77. The third-order valence-corrected chi connectivity index (χ3v) is 4.50. The van der Waals surface area contributed by atoms with Crippen LogP contribution in [0.3, 0.4) is 0 Å². The molecule has 2 aromatic rings. The van der Waals surface area contributed by atoms with E-state index < -0.39 is 0 Å². The molecule has 0 atom stereocenters. The fourth-order valence-corrected chi connectivity index (χ4v) is 2.99. The Morgan fingerprint density at radius 2 is 1.92 bits per heavy atom. The summed E-state index contributed by atoms with van der Waals surface area (Å²) in [6.45, 7) is 2.70. The predicted molar refractivity (Wildman–Crippen MR) is 96.3 cm³/mol. The molecule has 1 aliphatic rings. The molecule has 1 saturated heterocycles. The van der Waals surface area contributed by atoms with Crippen LogP contribution in [0.25, 0.3) is 0 Å². The van der Waals surface area contributed by atoms with E-state index in [1.54, 1.807) is 10.9 Å². The smallest absolute Gasteiger partial charge is 0.224 e. The summed E-state index contributed by atoms with van der Waals surface area (Å²) in [6.07, 6.45) is 6.38. The van der Waals surface area contributed by atoms with Gasteiger partial charge in [0.2, 0.25) is 5.91 Å². The molecule has 1 aromatic heterocycles. The number of amides is 1. The zero-order valence-corrected chi connectivity index (χ0v) is 14.9. The molecule has 1 aromatic carbocycles.